The van der Waals surface area contributed by atoms with E-state index in [9.17, 15) is 9.59 Å². The Labute approximate surface area is 209 Å². The molecule has 5 aliphatic rings. The average molecular weight is 483 g/mol. The van der Waals surface area contributed by atoms with Gasteiger partial charge in [-0.05, 0) is 107 Å². The first-order valence-electron chi connectivity index (χ1n) is 13.9. The molecule has 1 aromatic rings. The van der Waals surface area contributed by atoms with Crippen molar-refractivity contribution >= 4 is 23.3 Å². The van der Waals surface area contributed by atoms with Crippen LogP contribution in [-0.2, 0) is 4.74 Å². The summed E-state index contributed by atoms with van der Waals surface area (Å²) in [5.74, 6) is 2.25. The molecule has 3 amide bonds. The first kappa shape index (κ1) is 24.4. The van der Waals surface area contributed by atoms with Crippen LogP contribution in [0.5, 0.6) is 0 Å². The van der Waals surface area contributed by atoms with Gasteiger partial charge in [-0.15, -0.1) is 0 Å². The molecular formula is C28H42N4O3. The molecule has 4 bridgehead atoms. The Morgan fingerprint density at radius 1 is 1.03 bits per heavy atom. The zero-order chi connectivity index (χ0) is 24.3. The van der Waals surface area contributed by atoms with Gasteiger partial charge in [0.25, 0.3) is 5.91 Å². The van der Waals surface area contributed by atoms with Gasteiger partial charge in [-0.3, -0.25) is 4.79 Å². The summed E-state index contributed by atoms with van der Waals surface area (Å²) in [6.45, 7) is 5.80. The summed E-state index contributed by atoms with van der Waals surface area (Å²) < 4.78 is 5.39. The quantitative estimate of drug-likeness (QED) is 0.436. The van der Waals surface area contributed by atoms with E-state index in [2.05, 4.69) is 20.9 Å². The largest absolute Gasteiger partial charge is 0.382 e. The lowest BCUT2D eigenvalue weighted by Crippen LogP contribution is -2.60. The molecule has 192 valence electrons. The number of benzene rings is 1. The number of urea groups is 1. The van der Waals surface area contributed by atoms with Crippen molar-refractivity contribution in [2.45, 2.75) is 76.7 Å². The van der Waals surface area contributed by atoms with E-state index in [1.165, 1.54) is 25.7 Å². The third-order valence-electron chi connectivity index (χ3n) is 8.57. The number of anilines is 2. The Morgan fingerprint density at radius 2 is 1.71 bits per heavy atom. The van der Waals surface area contributed by atoms with Gasteiger partial charge in [-0.25, -0.2) is 4.79 Å². The molecule has 0 spiro atoms. The number of piperidine rings is 1. The number of ether oxygens (including phenoxy) is 1. The van der Waals surface area contributed by atoms with E-state index in [1.54, 1.807) is 0 Å². The van der Waals surface area contributed by atoms with Crippen LogP contribution in [0, 0.1) is 17.8 Å². The maximum atomic E-state index is 13.2. The zero-order valence-corrected chi connectivity index (χ0v) is 21.2. The number of carbonyl (C=O) groups is 2. The number of nitrogens with zero attached hydrogens (tertiary/aromatic N) is 1. The van der Waals surface area contributed by atoms with E-state index in [0.717, 1.165) is 75.1 Å². The number of carbonyl (C=O) groups excluding carboxylic acids is 2. The minimum absolute atomic E-state index is 0.0344. The molecule has 0 unspecified atom stereocenters. The SMILES string of the molecule is CCOCCCNC(=O)c1cc(NC(=O)NC23CC4CC(CC(C4)C2)C3)ccc1N1CCCCC1. The predicted octanol–water partition coefficient (Wildman–Crippen LogP) is 4.92. The van der Waals surface area contributed by atoms with Crippen molar-refractivity contribution in [1.82, 2.24) is 10.6 Å². The molecule has 0 atom stereocenters. The number of hydrogen-bond acceptors (Lipinski definition) is 4. The molecule has 4 saturated carbocycles. The minimum atomic E-state index is -0.138. The van der Waals surface area contributed by atoms with E-state index in [4.69, 9.17) is 4.74 Å². The summed E-state index contributed by atoms with van der Waals surface area (Å²) in [5.41, 5.74) is 2.23. The van der Waals surface area contributed by atoms with Crippen molar-refractivity contribution in [3.8, 4) is 0 Å². The van der Waals surface area contributed by atoms with Gasteiger partial charge in [0, 0.05) is 49.8 Å². The van der Waals surface area contributed by atoms with Gasteiger partial charge in [0.15, 0.2) is 0 Å². The number of rotatable bonds is 9. The van der Waals surface area contributed by atoms with Crippen molar-refractivity contribution in [3.63, 3.8) is 0 Å². The summed E-state index contributed by atoms with van der Waals surface area (Å²) in [4.78, 5) is 28.6. The highest BCUT2D eigenvalue weighted by atomic mass is 16.5. The third-order valence-corrected chi connectivity index (χ3v) is 8.57. The normalized spacial score (nSPS) is 29.2. The molecule has 4 aliphatic carbocycles. The first-order valence-corrected chi connectivity index (χ1v) is 13.9. The molecule has 1 saturated heterocycles. The van der Waals surface area contributed by atoms with Gasteiger partial charge in [-0.2, -0.15) is 0 Å². The Morgan fingerprint density at radius 3 is 2.37 bits per heavy atom. The van der Waals surface area contributed by atoms with Crippen molar-refractivity contribution in [2.75, 3.05) is 43.1 Å². The van der Waals surface area contributed by atoms with Crippen molar-refractivity contribution in [1.29, 1.82) is 0 Å². The predicted molar refractivity (Wildman–Crippen MR) is 139 cm³/mol. The smallest absolute Gasteiger partial charge is 0.319 e. The molecular weight excluding hydrogens is 440 g/mol. The molecule has 1 aromatic carbocycles. The summed E-state index contributed by atoms with van der Waals surface area (Å²) in [6, 6.07) is 5.65. The van der Waals surface area contributed by atoms with Gasteiger partial charge in [0.05, 0.1) is 5.56 Å². The Hall–Kier alpha value is -2.28. The van der Waals surface area contributed by atoms with Crippen LogP contribution in [0.4, 0.5) is 16.2 Å². The van der Waals surface area contributed by atoms with Crippen molar-refractivity contribution in [3.05, 3.63) is 23.8 Å². The molecule has 3 N–H and O–H groups in total. The van der Waals surface area contributed by atoms with E-state index < -0.39 is 0 Å². The maximum Gasteiger partial charge on any atom is 0.319 e. The molecule has 35 heavy (non-hydrogen) atoms. The lowest BCUT2D eigenvalue weighted by Gasteiger charge is -2.56. The van der Waals surface area contributed by atoms with Crippen LogP contribution < -0.4 is 20.9 Å². The zero-order valence-electron chi connectivity index (χ0n) is 21.2. The monoisotopic (exact) mass is 482 g/mol. The molecule has 0 radical (unpaired) electrons. The fraction of sp³-hybridized carbons (Fsp3) is 0.714. The second-order valence-electron chi connectivity index (χ2n) is 11.4. The average Bonchev–Trinajstić information content (AvgIpc) is 2.83. The highest BCUT2D eigenvalue weighted by molar-refractivity contribution is 6.02. The molecule has 1 aliphatic heterocycles. The van der Waals surface area contributed by atoms with E-state index >= 15 is 0 Å². The first-order chi connectivity index (χ1) is 17.0. The number of nitrogens with one attached hydrogen (secondary N) is 3. The summed E-state index contributed by atoms with van der Waals surface area (Å²) >= 11 is 0. The van der Waals surface area contributed by atoms with Gasteiger partial charge >= 0.3 is 6.03 Å². The van der Waals surface area contributed by atoms with Crippen LogP contribution in [0.25, 0.3) is 0 Å². The molecule has 0 aromatic heterocycles. The van der Waals surface area contributed by atoms with Crippen LogP contribution in [0.1, 0.15) is 81.5 Å². The number of hydrogen-bond donors (Lipinski definition) is 3. The standard InChI is InChI=1S/C28H42N4O3/c1-2-35-12-6-9-29-26(33)24-16-23(7-8-25(24)32-10-4-3-5-11-32)30-27(34)31-28-17-20-13-21(18-28)15-22(14-20)19-28/h7-8,16,20-22H,2-6,9-15,17-19H2,1H3,(H,29,33)(H2,30,31,34). The van der Waals surface area contributed by atoms with Gasteiger partial charge in [0.2, 0.25) is 0 Å². The second kappa shape index (κ2) is 10.8. The fourth-order valence-electron chi connectivity index (χ4n) is 7.49. The van der Waals surface area contributed by atoms with Crippen LogP contribution in [-0.4, -0.2) is 50.3 Å². The van der Waals surface area contributed by atoms with Crippen molar-refractivity contribution < 1.29 is 14.3 Å². The summed E-state index contributed by atoms with van der Waals surface area (Å²) in [7, 11) is 0. The summed E-state index contributed by atoms with van der Waals surface area (Å²) in [5, 5.41) is 9.48. The van der Waals surface area contributed by atoms with Gasteiger partial charge < -0.3 is 25.6 Å². The highest BCUT2D eigenvalue weighted by Gasteiger charge is 2.51. The van der Waals surface area contributed by atoms with E-state index in [1.807, 2.05) is 25.1 Å². The van der Waals surface area contributed by atoms with E-state index in [0.29, 0.717) is 31.0 Å². The minimum Gasteiger partial charge on any atom is -0.382 e. The lowest BCUT2D eigenvalue weighted by atomic mass is 9.53. The molecule has 6 rings (SSSR count). The second-order valence-corrected chi connectivity index (χ2v) is 11.4. The van der Waals surface area contributed by atoms with Gasteiger partial charge in [-0.1, -0.05) is 0 Å². The van der Waals surface area contributed by atoms with Crippen LogP contribution in [0.3, 0.4) is 0 Å². The fourth-order valence-corrected chi connectivity index (χ4v) is 7.49. The van der Waals surface area contributed by atoms with Gasteiger partial charge in [0.1, 0.15) is 0 Å². The maximum absolute atomic E-state index is 13.2. The third kappa shape index (κ3) is 5.76. The van der Waals surface area contributed by atoms with Crippen LogP contribution in [0.2, 0.25) is 0 Å². The molecule has 7 heteroatoms. The number of amides is 3. The van der Waals surface area contributed by atoms with Crippen molar-refractivity contribution in [2.24, 2.45) is 17.8 Å². The Kier molecular flexibility index (Phi) is 7.51. The highest BCUT2D eigenvalue weighted by Crippen LogP contribution is 2.55. The van der Waals surface area contributed by atoms with Crippen LogP contribution >= 0.6 is 0 Å². The van der Waals surface area contributed by atoms with Crippen LogP contribution in [0.15, 0.2) is 18.2 Å². The lowest BCUT2D eigenvalue weighted by molar-refractivity contribution is -0.0127. The Balaban J connectivity index is 1.26. The molecule has 5 fully saturated rings. The Bertz CT molecular complexity index is 876. The molecule has 1 heterocycles. The van der Waals surface area contributed by atoms with E-state index in [-0.39, 0.29) is 17.5 Å². The molecule has 7 nitrogen and oxygen atoms in total. The summed E-state index contributed by atoms with van der Waals surface area (Å²) in [6.07, 6.45) is 11.7. The topological polar surface area (TPSA) is 82.7 Å².